The predicted molar refractivity (Wildman–Crippen MR) is 64.3 cm³/mol. The van der Waals surface area contributed by atoms with Crippen LogP contribution in [0.3, 0.4) is 0 Å². The first kappa shape index (κ1) is 11.3. The number of hydrogen-bond acceptors (Lipinski definition) is 3. The summed E-state index contributed by atoms with van der Waals surface area (Å²) in [7, 11) is 0. The van der Waals surface area contributed by atoms with Gasteiger partial charge in [0.25, 0.3) is 0 Å². The summed E-state index contributed by atoms with van der Waals surface area (Å²) in [5, 5.41) is 0.471. The van der Waals surface area contributed by atoms with Crippen LogP contribution >= 0.6 is 12.6 Å². The van der Waals surface area contributed by atoms with E-state index in [-0.39, 0.29) is 0 Å². The molecule has 15 heavy (non-hydrogen) atoms. The molecule has 2 aliphatic rings. The zero-order valence-electron chi connectivity index (χ0n) is 9.19. The quantitative estimate of drug-likeness (QED) is 0.713. The Morgan fingerprint density at radius 2 is 1.93 bits per heavy atom. The molecule has 0 N–H and O–H groups in total. The molecular formula is C11H20N2OS. The smallest absolute Gasteiger partial charge is 0.236 e. The van der Waals surface area contributed by atoms with Gasteiger partial charge in [0.05, 0.1) is 6.54 Å². The van der Waals surface area contributed by atoms with Gasteiger partial charge >= 0.3 is 0 Å². The lowest BCUT2D eigenvalue weighted by molar-refractivity contribution is -0.133. The third kappa shape index (κ3) is 3.11. The second kappa shape index (κ2) is 5.21. The lowest BCUT2D eigenvalue weighted by atomic mass is 10.1. The minimum Gasteiger partial charge on any atom is -0.342 e. The molecule has 4 heteroatoms. The van der Waals surface area contributed by atoms with Crippen LogP contribution in [0.25, 0.3) is 0 Å². The maximum absolute atomic E-state index is 11.9. The van der Waals surface area contributed by atoms with Gasteiger partial charge in [-0.2, -0.15) is 12.6 Å². The first-order valence-electron chi connectivity index (χ1n) is 5.94. The molecule has 0 unspecified atom stereocenters. The van der Waals surface area contributed by atoms with Crippen molar-refractivity contribution in [3.05, 3.63) is 0 Å². The van der Waals surface area contributed by atoms with Crippen LogP contribution < -0.4 is 0 Å². The molecule has 1 amide bonds. The number of likely N-dealkylation sites (tertiary alicyclic amines) is 2. The summed E-state index contributed by atoms with van der Waals surface area (Å²) in [6.45, 7) is 4.56. The highest BCUT2D eigenvalue weighted by Gasteiger charge is 2.24. The van der Waals surface area contributed by atoms with Gasteiger partial charge in [0.15, 0.2) is 0 Å². The number of thiol groups is 1. The van der Waals surface area contributed by atoms with Crippen LogP contribution in [0.5, 0.6) is 0 Å². The second-order valence-corrected chi connectivity index (χ2v) is 5.35. The topological polar surface area (TPSA) is 23.6 Å². The number of piperidine rings is 1. The van der Waals surface area contributed by atoms with Crippen molar-refractivity contribution < 1.29 is 4.79 Å². The maximum atomic E-state index is 11.9. The molecular weight excluding hydrogens is 208 g/mol. The molecule has 0 aromatic heterocycles. The summed E-state index contributed by atoms with van der Waals surface area (Å²) in [4.78, 5) is 16.2. The summed E-state index contributed by atoms with van der Waals surface area (Å²) >= 11 is 4.43. The van der Waals surface area contributed by atoms with Crippen molar-refractivity contribution >= 4 is 18.5 Å². The molecule has 0 spiro atoms. The van der Waals surface area contributed by atoms with E-state index >= 15 is 0 Å². The molecule has 0 aromatic rings. The van der Waals surface area contributed by atoms with Crippen LogP contribution in [-0.2, 0) is 4.79 Å². The lowest BCUT2D eigenvalue weighted by Gasteiger charge is -2.28. The molecule has 0 bridgehead atoms. The standard InChI is InChI=1S/C11H20N2OS/c14-11(13-5-2-1-3-6-13)9-12-7-4-10(15)8-12/h10,15H,1-9H2/t10-/m0/s1. The van der Waals surface area contributed by atoms with Gasteiger partial charge < -0.3 is 4.90 Å². The zero-order chi connectivity index (χ0) is 10.7. The van der Waals surface area contributed by atoms with E-state index in [1.807, 2.05) is 4.90 Å². The third-order valence-electron chi connectivity index (χ3n) is 3.32. The molecule has 0 aromatic carbocycles. The zero-order valence-corrected chi connectivity index (χ0v) is 10.1. The Morgan fingerprint density at radius 3 is 2.53 bits per heavy atom. The van der Waals surface area contributed by atoms with Crippen molar-refractivity contribution in [1.82, 2.24) is 9.80 Å². The highest BCUT2D eigenvalue weighted by atomic mass is 32.1. The number of amides is 1. The van der Waals surface area contributed by atoms with Crippen LogP contribution in [0, 0.1) is 0 Å². The number of carbonyl (C=O) groups excluding carboxylic acids is 1. The average Bonchev–Trinajstić information content (AvgIpc) is 2.65. The van der Waals surface area contributed by atoms with Crippen molar-refractivity contribution in [1.29, 1.82) is 0 Å². The SMILES string of the molecule is O=C(CN1CC[C@H](S)C1)N1CCCCC1. The van der Waals surface area contributed by atoms with Crippen LogP contribution in [-0.4, -0.2) is 53.7 Å². The van der Waals surface area contributed by atoms with E-state index < -0.39 is 0 Å². The highest BCUT2D eigenvalue weighted by Crippen LogP contribution is 2.15. The number of rotatable bonds is 2. The van der Waals surface area contributed by atoms with Crippen molar-refractivity contribution in [2.24, 2.45) is 0 Å². The normalized spacial score (nSPS) is 28.3. The largest absolute Gasteiger partial charge is 0.342 e. The minimum atomic E-state index is 0.317. The van der Waals surface area contributed by atoms with Gasteiger partial charge in [-0.15, -0.1) is 0 Å². The summed E-state index contributed by atoms with van der Waals surface area (Å²) in [5.41, 5.74) is 0. The Balaban J connectivity index is 1.76. The van der Waals surface area contributed by atoms with Crippen molar-refractivity contribution in [3.63, 3.8) is 0 Å². The summed E-state index contributed by atoms with van der Waals surface area (Å²) in [6.07, 6.45) is 4.77. The molecule has 0 radical (unpaired) electrons. The van der Waals surface area contributed by atoms with Gasteiger partial charge in [-0.25, -0.2) is 0 Å². The summed E-state index contributed by atoms with van der Waals surface area (Å²) in [5.74, 6) is 0.317. The maximum Gasteiger partial charge on any atom is 0.236 e. The molecule has 86 valence electrons. The van der Waals surface area contributed by atoms with E-state index in [1.54, 1.807) is 0 Å². The summed E-state index contributed by atoms with van der Waals surface area (Å²) in [6, 6.07) is 0. The van der Waals surface area contributed by atoms with Gasteiger partial charge in [0.1, 0.15) is 0 Å². The van der Waals surface area contributed by atoms with E-state index in [2.05, 4.69) is 17.5 Å². The molecule has 2 fully saturated rings. The fourth-order valence-electron chi connectivity index (χ4n) is 2.39. The lowest BCUT2D eigenvalue weighted by Crippen LogP contribution is -2.42. The van der Waals surface area contributed by atoms with E-state index in [0.717, 1.165) is 32.6 Å². The van der Waals surface area contributed by atoms with E-state index in [9.17, 15) is 4.79 Å². The second-order valence-electron chi connectivity index (χ2n) is 4.62. The van der Waals surface area contributed by atoms with Gasteiger partial charge in [-0.05, 0) is 32.2 Å². The molecule has 2 rings (SSSR count). The van der Waals surface area contributed by atoms with Gasteiger partial charge in [0, 0.05) is 24.9 Å². The Labute approximate surface area is 97.2 Å². The van der Waals surface area contributed by atoms with Crippen molar-refractivity contribution in [2.45, 2.75) is 30.9 Å². The van der Waals surface area contributed by atoms with Crippen LogP contribution in [0.15, 0.2) is 0 Å². The van der Waals surface area contributed by atoms with Gasteiger partial charge in [-0.3, -0.25) is 9.69 Å². The first-order valence-corrected chi connectivity index (χ1v) is 6.45. The van der Waals surface area contributed by atoms with Gasteiger partial charge in [0.2, 0.25) is 5.91 Å². The predicted octanol–water partition coefficient (Wildman–Crippen LogP) is 1.00. The molecule has 3 nitrogen and oxygen atoms in total. The Bertz CT molecular complexity index is 229. The number of carbonyl (C=O) groups is 1. The van der Waals surface area contributed by atoms with Crippen molar-refractivity contribution in [2.75, 3.05) is 32.7 Å². The molecule has 2 aliphatic heterocycles. The number of hydrogen-bond donors (Lipinski definition) is 1. The molecule has 2 heterocycles. The van der Waals surface area contributed by atoms with Crippen molar-refractivity contribution in [3.8, 4) is 0 Å². The highest BCUT2D eigenvalue weighted by molar-refractivity contribution is 7.81. The van der Waals surface area contributed by atoms with Gasteiger partial charge in [-0.1, -0.05) is 0 Å². The Kier molecular flexibility index (Phi) is 3.92. The fourth-order valence-corrected chi connectivity index (χ4v) is 2.74. The van der Waals surface area contributed by atoms with Crippen LogP contribution in [0.1, 0.15) is 25.7 Å². The van der Waals surface area contributed by atoms with E-state index in [0.29, 0.717) is 17.7 Å². The minimum absolute atomic E-state index is 0.317. The third-order valence-corrected chi connectivity index (χ3v) is 3.74. The first-order chi connectivity index (χ1) is 7.25. The van der Waals surface area contributed by atoms with Crippen LogP contribution in [0.2, 0.25) is 0 Å². The fraction of sp³-hybridized carbons (Fsp3) is 0.909. The number of nitrogens with zero attached hydrogens (tertiary/aromatic N) is 2. The molecule has 2 saturated heterocycles. The van der Waals surface area contributed by atoms with Crippen LogP contribution in [0.4, 0.5) is 0 Å². The van der Waals surface area contributed by atoms with E-state index in [4.69, 9.17) is 0 Å². The van der Waals surface area contributed by atoms with E-state index in [1.165, 1.54) is 19.3 Å². The molecule has 0 aliphatic carbocycles. The monoisotopic (exact) mass is 228 g/mol. The molecule has 1 atom stereocenters. The molecule has 0 saturated carbocycles. The Morgan fingerprint density at radius 1 is 1.20 bits per heavy atom. The summed E-state index contributed by atoms with van der Waals surface area (Å²) < 4.78 is 0. The average molecular weight is 228 g/mol. The Hall–Kier alpha value is -0.220.